The summed E-state index contributed by atoms with van der Waals surface area (Å²) in [5.74, 6) is 0.167. The molecule has 3 aromatic rings. The molecule has 3 rings (SSSR count). The van der Waals surface area contributed by atoms with Crippen LogP contribution >= 0.6 is 0 Å². The fourth-order valence-corrected chi connectivity index (χ4v) is 4.64. The number of hydrogen-bond acceptors (Lipinski definition) is 4. The highest BCUT2D eigenvalue weighted by Gasteiger charge is 2.27. The Kier molecular flexibility index (Phi) is 6.65. The van der Waals surface area contributed by atoms with Crippen molar-refractivity contribution in [2.45, 2.75) is 25.7 Å². The topological polar surface area (TPSA) is 75.7 Å². The van der Waals surface area contributed by atoms with Gasteiger partial charge in [-0.05, 0) is 68.3 Å². The molecule has 1 N–H and O–H groups in total. The first-order chi connectivity index (χ1) is 14.7. The van der Waals surface area contributed by atoms with Gasteiger partial charge in [-0.25, -0.2) is 8.42 Å². The summed E-state index contributed by atoms with van der Waals surface area (Å²) >= 11 is 0. The first-order valence-corrected chi connectivity index (χ1v) is 11.3. The zero-order valence-corrected chi connectivity index (χ0v) is 18.9. The van der Waals surface area contributed by atoms with Gasteiger partial charge >= 0.3 is 0 Å². The molecule has 0 saturated carbocycles. The van der Waals surface area contributed by atoms with Crippen molar-refractivity contribution in [1.82, 2.24) is 0 Å². The molecule has 0 aliphatic carbocycles. The van der Waals surface area contributed by atoms with E-state index < -0.39 is 15.9 Å². The van der Waals surface area contributed by atoms with Crippen molar-refractivity contribution in [2.75, 3.05) is 23.3 Å². The number of sulfonamides is 1. The minimum absolute atomic E-state index is 0.119. The van der Waals surface area contributed by atoms with Crippen LogP contribution in [0.3, 0.4) is 0 Å². The normalized spacial score (nSPS) is 11.1. The molecule has 0 aromatic heterocycles. The molecule has 0 spiro atoms. The molecule has 1 amide bonds. The summed E-state index contributed by atoms with van der Waals surface area (Å²) < 4.78 is 33.2. The molecule has 31 heavy (non-hydrogen) atoms. The summed E-state index contributed by atoms with van der Waals surface area (Å²) in [6, 6.07) is 18.8. The van der Waals surface area contributed by atoms with Gasteiger partial charge in [-0.2, -0.15) is 0 Å². The lowest BCUT2D eigenvalue weighted by Crippen LogP contribution is -2.38. The van der Waals surface area contributed by atoms with Crippen LogP contribution in [-0.2, 0) is 14.8 Å². The van der Waals surface area contributed by atoms with Crippen molar-refractivity contribution in [1.29, 1.82) is 0 Å². The van der Waals surface area contributed by atoms with E-state index in [4.69, 9.17) is 4.74 Å². The SMILES string of the molecule is COc1ccc(N(CC(=O)Nc2c(C)cccc2C)S(=O)(=O)c2ccc(C)cc2)cc1. The summed E-state index contributed by atoms with van der Waals surface area (Å²) in [5.41, 5.74) is 3.83. The molecular weight excluding hydrogens is 412 g/mol. The number of hydrogen-bond donors (Lipinski definition) is 1. The first-order valence-electron chi connectivity index (χ1n) is 9.82. The lowest BCUT2D eigenvalue weighted by atomic mass is 10.1. The molecular formula is C24H26N2O4S. The minimum Gasteiger partial charge on any atom is -0.497 e. The molecule has 0 heterocycles. The van der Waals surface area contributed by atoms with Crippen LogP contribution in [0.4, 0.5) is 11.4 Å². The molecule has 0 radical (unpaired) electrons. The lowest BCUT2D eigenvalue weighted by Gasteiger charge is -2.24. The summed E-state index contributed by atoms with van der Waals surface area (Å²) in [6.07, 6.45) is 0. The number of benzene rings is 3. The van der Waals surface area contributed by atoms with E-state index in [-0.39, 0.29) is 11.4 Å². The Labute approximate surface area is 183 Å². The Morgan fingerprint density at radius 1 is 0.903 bits per heavy atom. The molecule has 0 aliphatic heterocycles. The number of nitrogens with one attached hydrogen (secondary N) is 1. The Morgan fingerprint density at radius 2 is 1.48 bits per heavy atom. The van der Waals surface area contributed by atoms with E-state index in [0.29, 0.717) is 17.1 Å². The highest BCUT2D eigenvalue weighted by atomic mass is 32.2. The molecule has 0 atom stereocenters. The molecule has 162 valence electrons. The summed E-state index contributed by atoms with van der Waals surface area (Å²) in [5, 5.41) is 2.86. The van der Waals surface area contributed by atoms with Gasteiger partial charge in [0.1, 0.15) is 12.3 Å². The standard InChI is InChI=1S/C24H26N2O4S/c1-17-8-14-22(15-9-17)31(28,29)26(20-10-12-21(30-4)13-11-20)16-23(27)25-24-18(2)6-5-7-19(24)3/h5-15H,16H2,1-4H3,(H,25,27). The number of nitrogens with zero attached hydrogens (tertiary/aromatic N) is 1. The maximum absolute atomic E-state index is 13.4. The largest absolute Gasteiger partial charge is 0.497 e. The zero-order valence-electron chi connectivity index (χ0n) is 18.0. The summed E-state index contributed by atoms with van der Waals surface area (Å²) in [4.78, 5) is 13.0. The van der Waals surface area contributed by atoms with Crippen LogP contribution in [-0.4, -0.2) is 28.0 Å². The Hall–Kier alpha value is -3.32. The average molecular weight is 439 g/mol. The van der Waals surface area contributed by atoms with Crippen LogP contribution in [0.2, 0.25) is 0 Å². The van der Waals surface area contributed by atoms with Gasteiger partial charge in [0, 0.05) is 5.69 Å². The van der Waals surface area contributed by atoms with Crippen molar-refractivity contribution in [2.24, 2.45) is 0 Å². The number of aryl methyl sites for hydroxylation is 3. The highest BCUT2D eigenvalue weighted by molar-refractivity contribution is 7.92. The fourth-order valence-electron chi connectivity index (χ4n) is 3.22. The van der Waals surface area contributed by atoms with Crippen molar-refractivity contribution in [3.05, 3.63) is 83.4 Å². The third-order valence-corrected chi connectivity index (χ3v) is 6.79. The van der Waals surface area contributed by atoms with E-state index in [1.165, 1.54) is 7.11 Å². The maximum Gasteiger partial charge on any atom is 0.264 e. The van der Waals surface area contributed by atoms with E-state index >= 15 is 0 Å². The van der Waals surface area contributed by atoms with E-state index in [2.05, 4.69) is 5.32 Å². The van der Waals surface area contributed by atoms with Crippen molar-refractivity contribution < 1.29 is 17.9 Å². The van der Waals surface area contributed by atoms with Gasteiger partial charge in [0.05, 0.1) is 17.7 Å². The third kappa shape index (κ3) is 5.06. The molecule has 0 saturated heterocycles. The van der Waals surface area contributed by atoms with Gasteiger partial charge in [0.25, 0.3) is 10.0 Å². The number of amides is 1. The highest BCUT2D eigenvalue weighted by Crippen LogP contribution is 2.27. The van der Waals surface area contributed by atoms with Gasteiger partial charge in [0.15, 0.2) is 0 Å². The third-order valence-electron chi connectivity index (χ3n) is 5.00. The van der Waals surface area contributed by atoms with Crippen molar-refractivity contribution in [3.8, 4) is 5.75 Å². The van der Waals surface area contributed by atoms with E-state index in [1.54, 1.807) is 48.5 Å². The van der Waals surface area contributed by atoms with Gasteiger partial charge in [0.2, 0.25) is 5.91 Å². The second-order valence-corrected chi connectivity index (χ2v) is 9.20. The van der Waals surface area contributed by atoms with Crippen molar-refractivity contribution in [3.63, 3.8) is 0 Å². The van der Waals surface area contributed by atoms with Crippen LogP contribution in [0.5, 0.6) is 5.75 Å². The Balaban J connectivity index is 1.97. The average Bonchev–Trinajstić information content (AvgIpc) is 2.75. The fraction of sp³-hybridized carbons (Fsp3) is 0.208. The van der Waals surface area contributed by atoms with Crippen LogP contribution in [0.25, 0.3) is 0 Å². The lowest BCUT2D eigenvalue weighted by molar-refractivity contribution is -0.114. The minimum atomic E-state index is -3.97. The monoisotopic (exact) mass is 438 g/mol. The molecule has 7 heteroatoms. The predicted molar refractivity (Wildman–Crippen MR) is 123 cm³/mol. The molecule has 0 aliphatic rings. The number of anilines is 2. The van der Waals surface area contributed by atoms with Crippen LogP contribution in [0.15, 0.2) is 71.6 Å². The molecule has 3 aromatic carbocycles. The van der Waals surface area contributed by atoms with E-state index in [9.17, 15) is 13.2 Å². The van der Waals surface area contributed by atoms with Crippen LogP contribution in [0, 0.1) is 20.8 Å². The second-order valence-electron chi connectivity index (χ2n) is 7.34. The summed E-state index contributed by atoms with van der Waals surface area (Å²) in [7, 11) is -2.43. The van der Waals surface area contributed by atoms with Gasteiger partial charge < -0.3 is 10.1 Å². The second kappa shape index (κ2) is 9.22. The number of ether oxygens (including phenoxy) is 1. The van der Waals surface area contributed by atoms with E-state index in [1.807, 2.05) is 39.0 Å². The quantitative estimate of drug-likeness (QED) is 0.591. The molecule has 6 nitrogen and oxygen atoms in total. The number of rotatable bonds is 7. The zero-order chi connectivity index (χ0) is 22.6. The molecule has 0 unspecified atom stereocenters. The Morgan fingerprint density at radius 3 is 2.03 bits per heavy atom. The maximum atomic E-state index is 13.4. The smallest absolute Gasteiger partial charge is 0.264 e. The predicted octanol–water partition coefficient (Wildman–Crippen LogP) is 4.45. The van der Waals surface area contributed by atoms with Gasteiger partial charge in [-0.1, -0.05) is 35.9 Å². The number of carbonyl (C=O) groups is 1. The van der Waals surface area contributed by atoms with Crippen molar-refractivity contribution >= 4 is 27.3 Å². The number of methoxy groups -OCH3 is 1. The van der Waals surface area contributed by atoms with Crippen LogP contribution < -0.4 is 14.4 Å². The van der Waals surface area contributed by atoms with Gasteiger partial charge in [-0.3, -0.25) is 9.10 Å². The van der Waals surface area contributed by atoms with Crippen LogP contribution in [0.1, 0.15) is 16.7 Å². The molecule has 0 fully saturated rings. The number of para-hydroxylation sites is 1. The van der Waals surface area contributed by atoms with E-state index in [0.717, 1.165) is 21.0 Å². The van der Waals surface area contributed by atoms with Gasteiger partial charge in [-0.15, -0.1) is 0 Å². The first kappa shape index (κ1) is 22.4. The summed E-state index contributed by atoms with van der Waals surface area (Å²) in [6.45, 7) is 5.31. The Bertz CT molecular complexity index is 1150. The molecule has 0 bridgehead atoms. The number of carbonyl (C=O) groups excluding carboxylic acids is 1.